The van der Waals surface area contributed by atoms with Gasteiger partial charge in [0.25, 0.3) is 0 Å². The van der Waals surface area contributed by atoms with E-state index in [2.05, 4.69) is 36.4 Å². The highest BCUT2D eigenvalue weighted by Gasteiger charge is 2.16. The van der Waals surface area contributed by atoms with Gasteiger partial charge in [-0.3, -0.25) is 4.68 Å². The summed E-state index contributed by atoms with van der Waals surface area (Å²) in [5, 5.41) is 11.7. The molecule has 0 atom stereocenters. The average Bonchev–Trinajstić information content (AvgIpc) is 3.47. The molecule has 0 unspecified atom stereocenters. The van der Waals surface area contributed by atoms with Gasteiger partial charge in [-0.05, 0) is 37.6 Å². The number of rotatable bonds is 4. The number of benzene rings is 1. The van der Waals surface area contributed by atoms with Crippen LogP contribution in [-0.4, -0.2) is 38.0 Å². The van der Waals surface area contributed by atoms with E-state index < -0.39 is 0 Å². The van der Waals surface area contributed by atoms with Crippen molar-refractivity contribution in [2.24, 2.45) is 0 Å². The van der Waals surface area contributed by atoms with Crippen LogP contribution in [0.25, 0.3) is 33.6 Å². The van der Waals surface area contributed by atoms with Gasteiger partial charge in [0.05, 0.1) is 18.4 Å². The molecule has 4 heterocycles. The summed E-state index contributed by atoms with van der Waals surface area (Å²) in [6.07, 6.45) is 13.3. The Morgan fingerprint density at radius 2 is 1.69 bits per heavy atom. The van der Waals surface area contributed by atoms with E-state index in [-0.39, 0.29) is 12.4 Å². The number of nitrogens with zero attached hydrogens (tertiary/aromatic N) is 5. The molecule has 148 valence electrons. The molecule has 0 radical (unpaired) electrons. The lowest BCUT2D eigenvalue weighted by atomic mass is 10.1. The van der Waals surface area contributed by atoms with E-state index in [1.807, 2.05) is 42.9 Å². The van der Waals surface area contributed by atoms with Crippen LogP contribution in [0.2, 0.25) is 0 Å². The average molecular weight is 409 g/mol. The Labute approximate surface area is 174 Å². The van der Waals surface area contributed by atoms with Gasteiger partial charge in [0.15, 0.2) is 5.82 Å². The summed E-state index contributed by atoms with van der Waals surface area (Å²) in [4.78, 5) is 9.14. The zero-order chi connectivity index (χ0) is 18.8. The third kappa shape index (κ3) is 4.06. The van der Waals surface area contributed by atoms with E-state index in [0.29, 0.717) is 11.9 Å². The van der Waals surface area contributed by atoms with Crippen molar-refractivity contribution in [2.75, 3.05) is 13.1 Å². The highest BCUT2D eigenvalue weighted by atomic mass is 35.5. The summed E-state index contributed by atoms with van der Waals surface area (Å²) in [5.74, 6) is 0.688. The number of hydrogen-bond acceptors (Lipinski definition) is 6. The van der Waals surface area contributed by atoms with Gasteiger partial charge in [-0.2, -0.15) is 5.10 Å². The maximum Gasteiger partial charge on any atom is 0.159 e. The van der Waals surface area contributed by atoms with Crippen LogP contribution in [0.3, 0.4) is 0 Å². The van der Waals surface area contributed by atoms with Gasteiger partial charge in [-0.1, -0.05) is 23.4 Å². The van der Waals surface area contributed by atoms with Crippen LogP contribution in [0.15, 0.2) is 66.0 Å². The fraction of sp³-hybridized carbons (Fsp3) is 0.238. The first-order chi connectivity index (χ1) is 13.9. The van der Waals surface area contributed by atoms with Crippen LogP contribution >= 0.6 is 12.4 Å². The van der Waals surface area contributed by atoms with Crippen molar-refractivity contribution in [3.8, 4) is 33.6 Å². The van der Waals surface area contributed by atoms with E-state index in [1.54, 1.807) is 12.5 Å². The monoisotopic (exact) mass is 408 g/mol. The number of hydrogen-bond donors (Lipinski definition) is 1. The zero-order valence-corrected chi connectivity index (χ0v) is 16.5. The number of piperidine rings is 1. The molecule has 0 saturated carbocycles. The van der Waals surface area contributed by atoms with E-state index in [0.717, 1.165) is 53.7 Å². The van der Waals surface area contributed by atoms with E-state index in [4.69, 9.17) is 4.52 Å². The molecule has 0 bridgehead atoms. The van der Waals surface area contributed by atoms with Gasteiger partial charge in [0, 0.05) is 40.8 Å². The highest BCUT2D eigenvalue weighted by Crippen LogP contribution is 2.26. The molecule has 0 aliphatic carbocycles. The molecule has 0 amide bonds. The van der Waals surface area contributed by atoms with Crippen molar-refractivity contribution in [2.45, 2.75) is 18.9 Å². The second-order valence-corrected chi connectivity index (χ2v) is 6.98. The molecule has 1 N–H and O–H groups in total. The van der Waals surface area contributed by atoms with E-state index in [1.165, 1.54) is 0 Å². The van der Waals surface area contributed by atoms with Crippen molar-refractivity contribution in [3.05, 3.63) is 61.5 Å². The van der Waals surface area contributed by atoms with Crippen LogP contribution in [0, 0.1) is 0 Å². The van der Waals surface area contributed by atoms with Crippen LogP contribution < -0.4 is 5.32 Å². The van der Waals surface area contributed by atoms with Crippen molar-refractivity contribution in [1.29, 1.82) is 0 Å². The first-order valence-electron chi connectivity index (χ1n) is 9.44. The largest absolute Gasteiger partial charge is 0.364 e. The minimum Gasteiger partial charge on any atom is -0.364 e. The molecule has 0 spiro atoms. The van der Waals surface area contributed by atoms with Gasteiger partial charge in [-0.15, -0.1) is 12.4 Å². The minimum absolute atomic E-state index is 0. The third-order valence-corrected chi connectivity index (χ3v) is 5.16. The molecular weight excluding hydrogens is 388 g/mol. The Hall–Kier alpha value is -3.03. The Balaban J connectivity index is 0.00000205. The van der Waals surface area contributed by atoms with Crippen molar-refractivity contribution >= 4 is 12.4 Å². The lowest BCUT2D eigenvalue weighted by molar-refractivity contribution is 0.343. The molecule has 1 aromatic carbocycles. The summed E-state index contributed by atoms with van der Waals surface area (Å²) >= 11 is 0. The molecule has 3 aromatic heterocycles. The van der Waals surface area contributed by atoms with Gasteiger partial charge < -0.3 is 9.84 Å². The number of nitrogens with one attached hydrogen (secondary N) is 1. The minimum atomic E-state index is 0. The Kier molecular flexibility index (Phi) is 5.69. The summed E-state index contributed by atoms with van der Waals surface area (Å²) < 4.78 is 7.01. The van der Waals surface area contributed by atoms with Gasteiger partial charge in [0.2, 0.25) is 0 Å². The van der Waals surface area contributed by atoms with E-state index in [9.17, 15) is 0 Å². The maximum atomic E-state index is 4.93. The Morgan fingerprint density at radius 1 is 0.897 bits per heavy atom. The molecule has 1 fully saturated rings. The number of halogens is 1. The normalized spacial score (nSPS) is 14.5. The van der Waals surface area contributed by atoms with Crippen LogP contribution in [-0.2, 0) is 0 Å². The summed E-state index contributed by atoms with van der Waals surface area (Å²) in [7, 11) is 0. The van der Waals surface area contributed by atoms with Crippen LogP contribution in [0.4, 0.5) is 0 Å². The van der Waals surface area contributed by atoms with Gasteiger partial charge in [0.1, 0.15) is 6.26 Å². The SMILES string of the molecule is Cl.c1cc(-c2cnoc2)cc(-c2ncc(-c3cnn(C4CCNCC4)c3)cn2)c1. The predicted molar refractivity (Wildman–Crippen MR) is 113 cm³/mol. The molecule has 1 aliphatic heterocycles. The highest BCUT2D eigenvalue weighted by molar-refractivity contribution is 5.85. The lowest BCUT2D eigenvalue weighted by Crippen LogP contribution is -2.29. The number of aromatic nitrogens is 5. The van der Waals surface area contributed by atoms with E-state index >= 15 is 0 Å². The molecule has 8 heteroatoms. The fourth-order valence-corrected chi connectivity index (χ4v) is 3.57. The quantitative estimate of drug-likeness (QED) is 0.549. The zero-order valence-electron chi connectivity index (χ0n) is 15.7. The molecule has 1 saturated heterocycles. The molecule has 29 heavy (non-hydrogen) atoms. The summed E-state index contributed by atoms with van der Waals surface area (Å²) in [6.45, 7) is 2.09. The summed E-state index contributed by atoms with van der Waals surface area (Å²) in [5.41, 5.74) is 4.93. The van der Waals surface area contributed by atoms with Gasteiger partial charge in [-0.25, -0.2) is 9.97 Å². The second kappa shape index (κ2) is 8.55. The molecular formula is C21H21ClN6O. The maximum absolute atomic E-state index is 4.93. The molecule has 7 nitrogen and oxygen atoms in total. The topological polar surface area (TPSA) is 81.7 Å². The smallest absolute Gasteiger partial charge is 0.159 e. The molecule has 4 aromatic rings. The third-order valence-electron chi connectivity index (χ3n) is 5.16. The Morgan fingerprint density at radius 3 is 2.45 bits per heavy atom. The Bertz CT molecular complexity index is 1050. The van der Waals surface area contributed by atoms with Crippen molar-refractivity contribution in [3.63, 3.8) is 0 Å². The predicted octanol–water partition coefficient (Wildman–Crippen LogP) is 4.01. The first kappa shape index (κ1) is 19.3. The first-order valence-corrected chi connectivity index (χ1v) is 9.44. The van der Waals surface area contributed by atoms with Crippen LogP contribution in [0.5, 0.6) is 0 Å². The van der Waals surface area contributed by atoms with Crippen molar-refractivity contribution in [1.82, 2.24) is 30.2 Å². The fourth-order valence-electron chi connectivity index (χ4n) is 3.57. The molecule has 1 aliphatic rings. The molecule has 5 rings (SSSR count). The second-order valence-electron chi connectivity index (χ2n) is 6.98. The van der Waals surface area contributed by atoms with Gasteiger partial charge >= 0.3 is 0 Å². The van der Waals surface area contributed by atoms with Crippen molar-refractivity contribution < 1.29 is 4.52 Å². The summed E-state index contributed by atoms with van der Waals surface area (Å²) in [6, 6.07) is 8.51. The standard InChI is InChI=1S/C21H20N6O.ClH/c1-2-15(19-12-26-28-14-19)8-16(3-1)21-23-9-17(10-24-21)18-11-25-27(13-18)20-4-6-22-7-5-20;/h1-3,8-14,20,22H,4-7H2;1H. The lowest BCUT2D eigenvalue weighted by Gasteiger charge is -2.22. The van der Waals surface area contributed by atoms with Crippen LogP contribution in [0.1, 0.15) is 18.9 Å².